The first kappa shape index (κ1) is 22.1. The number of aromatic nitrogens is 2. The Balaban J connectivity index is 1.31. The molecule has 3 heterocycles. The highest BCUT2D eigenvalue weighted by Gasteiger charge is 2.18. The Labute approximate surface area is 194 Å². The highest BCUT2D eigenvalue weighted by molar-refractivity contribution is 6.03. The number of nitrogens with one attached hydrogen (secondary N) is 1. The first-order chi connectivity index (χ1) is 16.3. The molecule has 9 heteroatoms. The first-order valence-electron chi connectivity index (χ1n) is 11.9. The molecule has 33 heavy (non-hydrogen) atoms. The van der Waals surface area contributed by atoms with Crippen LogP contribution in [0.15, 0.2) is 35.4 Å². The minimum absolute atomic E-state index is 0.374. The molecule has 176 valence electrons. The summed E-state index contributed by atoms with van der Waals surface area (Å²) >= 11 is 0. The summed E-state index contributed by atoms with van der Waals surface area (Å²) in [6.45, 7) is 7.77. The number of aryl methyl sites for hydroxylation is 1. The van der Waals surface area contributed by atoms with E-state index in [1.54, 1.807) is 0 Å². The van der Waals surface area contributed by atoms with Crippen LogP contribution in [0.4, 0.5) is 11.6 Å². The monoisotopic (exact) mass is 452 g/mol. The average molecular weight is 453 g/mol. The van der Waals surface area contributed by atoms with Crippen LogP contribution in [-0.4, -0.2) is 86.3 Å². The van der Waals surface area contributed by atoms with Crippen molar-refractivity contribution in [1.82, 2.24) is 14.9 Å². The van der Waals surface area contributed by atoms with E-state index in [0.717, 1.165) is 76.7 Å². The third-order valence-electron chi connectivity index (χ3n) is 6.26. The Hall–Kier alpha value is -2.75. The second-order valence-electron chi connectivity index (χ2n) is 8.48. The predicted octanol–water partition coefficient (Wildman–Crippen LogP) is 2.18. The smallest absolute Gasteiger partial charge is 0.320 e. The van der Waals surface area contributed by atoms with Crippen LogP contribution in [0.5, 0.6) is 6.01 Å². The lowest BCUT2D eigenvalue weighted by Gasteiger charge is -2.28. The maximum Gasteiger partial charge on any atom is 0.320 e. The maximum absolute atomic E-state index is 5.98. The molecule has 0 spiro atoms. The zero-order valence-corrected chi connectivity index (χ0v) is 19.0. The lowest BCUT2D eigenvalue weighted by atomic mass is 9.90. The van der Waals surface area contributed by atoms with Crippen molar-refractivity contribution in [3.8, 4) is 6.01 Å². The number of morpholine rings is 2. The van der Waals surface area contributed by atoms with Crippen LogP contribution in [0, 0.1) is 0 Å². The van der Waals surface area contributed by atoms with Gasteiger partial charge in [0.25, 0.3) is 0 Å². The van der Waals surface area contributed by atoms with Crippen molar-refractivity contribution in [3.05, 3.63) is 41.5 Å². The van der Waals surface area contributed by atoms with Crippen LogP contribution in [0.25, 0.3) is 0 Å². The molecule has 1 aliphatic carbocycles. The molecule has 1 N–H and O–H groups in total. The van der Waals surface area contributed by atoms with Gasteiger partial charge in [-0.2, -0.15) is 15.1 Å². The van der Waals surface area contributed by atoms with Gasteiger partial charge in [0.1, 0.15) is 12.4 Å². The van der Waals surface area contributed by atoms with E-state index in [9.17, 15) is 0 Å². The van der Waals surface area contributed by atoms with Crippen molar-refractivity contribution in [2.75, 3.05) is 76.1 Å². The van der Waals surface area contributed by atoms with Crippen molar-refractivity contribution in [1.29, 1.82) is 0 Å². The molecule has 0 unspecified atom stereocenters. The van der Waals surface area contributed by atoms with Crippen LogP contribution in [-0.2, 0) is 15.9 Å². The van der Waals surface area contributed by atoms with Gasteiger partial charge < -0.3 is 19.1 Å². The SMILES string of the molecule is c1ccc2c(c1)CCC/C2=N\Nc1cc(N2CCOCC2)nc(OCCN2CCOCC2)n1. The number of rotatable bonds is 7. The number of hydrazone groups is 1. The molecule has 0 saturated carbocycles. The molecule has 2 fully saturated rings. The molecule has 0 radical (unpaired) electrons. The number of anilines is 2. The molecule has 0 amide bonds. The van der Waals surface area contributed by atoms with Gasteiger partial charge in [0.2, 0.25) is 0 Å². The molecular weight excluding hydrogens is 420 g/mol. The summed E-state index contributed by atoms with van der Waals surface area (Å²) in [6, 6.07) is 10.8. The Bertz CT molecular complexity index is 957. The van der Waals surface area contributed by atoms with Crippen LogP contribution in [0.3, 0.4) is 0 Å². The number of nitrogens with zero attached hydrogens (tertiary/aromatic N) is 5. The summed E-state index contributed by atoms with van der Waals surface area (Å²) in [5.74, 6) is 1.48. The van der Waals surface area contributed by atoms with Crippen molar-refractivity contribution < 1.29 is 14.2 Å². The molecule has 0 atom stereocenters. The van der Waals surface area contributed by atoms with E-state index in [2.05, 4.69) is 49.5 Å². The number of benzene rings is 1. The molecule has 3 aliphatic rings. The summed E-state index contributed by atoms with van der Waals surface area (Å²) in [4.78, 5) is 13.8. The molecule has 9 nitrogen and oxygen atoms in total. The minimum atomic E-state index is 0.374. The van der Waals surface area contributed by atoms with E-state index in [-0.39, 0.29) is 0 Å². The quantitative estimate of drug-likeness (QED) is 0.640. The lowest BCUT2D eigenvalue weighted by molar-refractivity contribution is 0.0317. The van der Waals surface area contributed by atoms with Gasteiger partial charge in [-0.1, -0.05) is 24.3 Å². The molecular formula is C24H32N6O3. The lowest BCUT2D eigenvalue weighted by Crippen LogP contribution is -2.39. The van der Waals surface area contributed by atoms with E-state index in [0.29, 0.717) is 31.6 Å². The third kappa shape index (κ3) is 5.79. The van der Waals surface area contributed by atoms with Crippen molar-refractivity contribution >= 4 is 17.3 Å². The summed E-state index contributed by atoms with van der Waals surface area (Å²) < 4.78 is 16.9. The largest absolute Gasteiger partial charge is 0.462 e. The van der Waals surface area contributed by atoms with Gasteiger partial charge in [-0.15, -0.1) is 0 Å². The van der Waals surface area contributed by atoms with Crippen LogP contribution in [0.1, 0.15) is 24.0 Å². The van der Waals surface area contributed by atoms with Crippen LogP contribution < -0.4 is 15.1 Å². The Morgan fingerprint density at radius 3 is 2.61 bits per heavy atom. The Morgan fingerprint density at radius 2 is 1.76 bits per heavy atom. The fraction of sp³-hybridized carbons (Fsp3) is 0.542. The zero-order chi connectivity index (χ0) is 22.3. The molecule has 2 aromatic rings. The summed E-state index contributed by atoms with van der Waals surface area (Å²) in [5.41, 5.74) is 6.83. The maximum atomic E-state index is 5.98. The third-order valence-corrected chi connectivity index (χ3v) is 6.26. The van der Waals surface area contributed by atoms with Gasteiger partial charge in [0.05, 0.1) is 32.1 Å². The number of hydrogen-bond acceptors (Lipinski definition) is 9. The van der Waals surface area contributed by atoms with Gasteiger partial charge in [-0.3, -0.25) is 10.3 Å². The average Bonchev–Trinajstić information content (AvgIpc) is 2.88. The Morgan fingerprint density at radius 1 is 0.970 bits per heavy atom. The van der Waals surface area contributed by atoms with Gasteiger partial charge in [-0.25, -0.2) is 0 Å². The normalized spacial score (nSPS) is 20.5. The topological polar surface area (TPSA) is 84.3 Å². The molecule has 0 bridgehead atoms. The highest BCUT2D eigenvalue weighted by Crippen LogP contribution is 2.23. The van der Waals surface area contributed by atoms with Gasteiger partial charge in [-0.05, 0) is 24.8 Å². The number of ether oxygens (including phenoxy) is 3. The van der Waals surface area contributed by atoms with Gasteiger partial charge in [0.15, 0.2) is 5.82 Å². The van der Waals surface area contributed by atoms with E-state index >= 15 is 0 Å². The van der Waals surface area contributed by atoms with Crippen molar-refractivity contribution in [2.45, 2.75) is 19.3 Å². The molecule has 1 aromatic heterocycles. The molecule has 1 aromatic carbocycles. The summed E-state index contributed by atoms with van der Waals surface area (Å²) in [6.07, 6.45) is 3.16. The molecule has 2 saturated heterocycles. The van der Waals surface area contributed by atoms with E-state index < -0.39 is 0 Å². The van der Waals surface area contributed by atoms with E-state index in [4.69, 9.17) is 19.3 Å². The summed E-state index contributed by atoms with van der Waals surface area (Å²) in [7, 11) is 0. The first-order valence-corrected chi connectivity index (χ1v) is 11.9. The van der Waals surface area contributed by atoms with Gasteiger partial charge >= 0.3 is 6.01 Å². The zero-order valence-electron chi connectivity index (χ0n) is 19.0. The van der Waals surface area contributed by atoms with Crippen molar-refractivity contribution in [2.24, 2.45) is 5.10 Å². The highest BCUT2D eigenvalue weighted by atomic mass is 16.5. The second kappa shape index (κ2) is 10.9. The van der Waals surface area contributed by atoms with Crippen LogP contribution in [0.2, 0.25) is 0 Å². The van der Waals surface area contributed by atoms with Crippen LogP contribution >= 0.6 is 0 Å². The minimum Gasteiger partial charge on any atom is -0.462 e. The van der Waals surface area contributed by atoms with Gasteiger partial charge in [0, 0.05) is 44.4 Å². The number of hydrogen-bond donors (Lipinski definition) is 1. The standard InChI is InChI=1S/C24H32N6O3/c1-2-6-20-19(4-1)5-3-7-21(20)27-28-22-18-23(30-11-15-32-16-12-30)26-24(25-22)33-17-10-29-8-13-31-14-9-29/h1-2,4,6,18H,3,5,7-17H2,(H,25,26,28)/b27-21+. The molecule has 2 aliphatic heterocycles. The second-order valence-corrected chi connectivity index (χ2v) is 8.48. The number of fused-ring (bicyclic) bond motifs is 1. The fourth-order valence-electron chi connectivity index (χ4n) is 4.42. The van der Waals surface area contributed by atoms with E-state index in [1.807, 2.05) is 6.07 Å². The summed E-state index contributed by atoms with van der Waals surface area (Å²) in [5, 5.41) is 4.73. The fourth-order valence-corrected chi connectivity index (χ4v) is 4.42. The Kier molecular flexibility index (Phi) is 7.30. The van der Waals surface area contributed by atoms with Crippen molar-refractivity contribution in [3.63, 3.8) is 0 Å². The van der Waals surface area contributed by atoms with E-state index in [1.165, 1.54) is 11.1 Å². The molecule has 5 rings (SSSR count). The predicted molar refractivity (Wildman–Crippen MR) is 127 cm³/mol.